The van der Waals surface area contributed by atoms with Crippen molar-refractivity contribution in [1.82, 2.24) is 0 Å². The lowest BCUT2D eigenvalue weighted by Crippen LogP contribution is -2.35. The fraction of sp³-hybridized carbons (Fsp3) is 0.417. The molecule has 0 saturated heterocycles. The Morgan fingerprint density at radius 1 is 1.20 bits per heavy atom. The average molecular weight is 207 g/mol. The number of amides is 1. The summed E-state index contributed by atoms with van der Waals surface area (Å²) >= 11 is 0. The van der Waals surface area contributed by atoms with Crippen LogP contribution in [0.3, 0.4) is 0 Å². The second kappa shape index (κ2) is 4.01. The molecule has 1 N–H and O–H groups in total. The predicted molar refractivity (Wildman–Crippen MR) is 57.4 cm³/mol. The molecule has 1 aliphatic rings. The van der Waals surface area contributed by atoms with Crippen LogP contribution < -0.4 is 5.32 Å². The van der Waals surface area contributed by atoms with E-state index in [-0.39, 0.29) is 0 Å². The number of anilines is 1. The largest absolute Gasteiger partial charge is 0.323 e. The van der Waals surface area contributed by atoms with E-state index in [1.807, 2.05) is 18.2 Å². The van der Waals surface area contributed by atoms with E-state index >= 15 is 0 Å². The Hall–Kier alpha value is -1.38. The third kappa shape index (κ3) is 2.17. The van der Waals surface area contributed by atoms with Crippen molar-refractivity contribution in [3.8, 4) is 0 Å². The van der Waals surface area contributed by atoms with Crippen molar-refractivity contribution in [2.75, 3.05) is 5.32 Å². The van der Waals surface area contributed by atoms with E-state index in [9.17, 15) is 9.18 Å². The zero-order valence-electron chi connectivity index (χ0n) is 8.50. The zero-order chi connectivity index (χ0) is 10.7. The summed E-state index contributed by atoms with van der Waals surface area (Å²) in [6.07, 6.45) is 2.31. The van der Waals surface area contributed by atoms with Gasteiger partial charge in [0, 0.05) is 5.69 Å². The number of nitrogens with one attached hydrogen (secondary N) is 1. The number of rotatable bonds is 2. The third-order valence-electron chi connectivity index (χ3n) is 2.83. The molecule has 0 unspecified atom stereocenters. The van der Waals surface area contributed by atoms with E-state index in [4.69, 9.17) is 0 Å². The van der Waals surface area contributed by atoms with Crippen molar-refractivity contribution in [3.63, 3.8) is 0 Å². The summed E-state index contributed by atoms with van der Waals surface area (Å²) in [5.74, 6) is -0.494. The Labute approximate surface area is 88.5 Å². The van der Waals surface area contributed by atoms with E-state index in [2.05, 4.69) is 5.32 Å². The van der Waals surface area contributed by atoms with E-state index in [1.54, 1.807) is 12.1 Å². The van der Waals surface area contributed by atoms with E-state index in [0.29, 0.717) is 18.5 Å². The van der Waals surface area contributed by atoms with Gasteiger partial charge in [-0.3, -0.25) is 4.79 Å². The highest BCUT2D eigenvalue weighted by molar-refractivity contribution is 5.97. The molecule has 1 aliphatic carbocycles. The number of carbonyl (C=O) groups excluding carboxylic acids is 1. The minimum atomic E-state index is -1.64. The summed E-state index contributed by atoms with van der Waals surface area (Å²) in [4.78, 5) is 11.7. The number of benzene rings is 1. The third-order valence-corrected chi connectivity index (χ3v) is 2.83. The van der Waals surface area contributed by atoms with Crippen LogP contribution >= 0.6 is 0 Å². The van der Waals surface area contributed by atoms with Gasteiger partial charge >= 0.3 is 0 Å². The van der Waals surface area contributed by atoms with Gasteiger partial charge in [0.15, 0.2) is 5.67 Å². The van der Waals surface area contributed by atoms with Gasteiger partial charge in [-0.2, -0.15) is 0 Å². The molecule has 0 heterocycles. The molecular weight excluding hydrogens is 193 g/mol. The molecule has 0 bridgehead atoms. The maximum absolute atomic E-state index is 14.0. The molecule has 2 nitrogen and oxygen atoms in total. The lowest BCUT2D eigenvalue weighted by atomic mass is 10.0. The molecule has 0 aromatic heterocycles. The van der Waals surface area contributed by atoms with Gasteiger partial charge in [0.1, 0.15) is 0 Å². The number of para-hydroxylation sites is 1. The SMILES string of the molecule is O=C(Nc1ccccc1)C1(F)CCCC1. The Bertz CT molecular complexity index is 344. The van der Waals surface area contributed by atoms with Gasteiger partial charge in [0.2, 0.25) is 0 Å². The molecular formula is C12H14FNO. The van der Waals surface area contributed by atoms with Crippen LogP contribution in [0, 0.1) is 0 Å². The predicted octanol–water partition coefficient (Wildman–Crippen LogP) is 2.91. The molecule has 80 valence electrons. The van der Waals surface area contributed by atoms with Crippen LogP contribution in [0.15, 0.2) is 30.3 Å². The Balaban J connectivity index is 2.04. The second-order valence-corrected chi connectivity index (χ2v) is 3.99. The average Bonchev–Trinajstić information content (AvgIpc) is 2.68. The summed E-state index contributed by atoms with van der Waals surface area (Å²) < 4.78 is 14.0. The Morgan fingerprint density at radius 2 is 1.80 bits per heavy atom. The first-order valence-electron chi connectivity index (χ1n) is 5.26. The van der Waals surface area contributed by atoms with Crippen LogP contribution in [-0.2, 0) is 4.79 Å². The van der Waals surface area contributed by atoms with Gasteiger partial charge in [-0.15, -0.1) is 0 Å². The number of hydrogen-bond donors (Lipinski definition) is 1. The summed E-state index contributed by atoms with van der Waals surface area (Å²) in [6.45, 7) is 0. The topological polar surface area (TPSA) is 29.1 Å². The molecule has 0 spiro atoms. The summed E-state index contributed by atoms with van der Waals surface area (Å²) in [5.41, 5.74) is -0.984. The van der Waals surface area contributed by atoms with Gasteiger partial charge in [0.05, 0.1) is 0 Å². The van der Waals surface area contributed by atoms with Crippen LogP contribution in [0.25, 0.3) is 0 Å². The molecule has 1 aromatic rings. The van der Waals surface area contributed by atoms with E-state index in [1.165, 1.54) is 0 Å². The summed E-state index contributed by atoms with van der Waals surface area (Å²) in [7, 11) is 0. The first-order valence-corrected chi connectivity index (χ1v) is 5.26. The van der Waals surface area contributed by atoms with Crippen LogP contribution in [0.2, 0.25) is 0 Å². The Morgan fingerprint density at radius 3 is 2.40 bits per heavy atom. The van der Waals surface area contributed by atoms with Crippen LogP contribution in [0.1, 0.15) is 25.7 Å². The highest BCUT2D eigenvalue weighted by Crippen LogP contribution is 2.34. The highest BCUT2D eigenvalue weighted by atomic mass is 19.1. The number of hydrogen-bond acceptors (Lipinski definition) is 1. The molecule has 0 atom stereocenters. The van der Waals surface area contributed by atoms with Gasteiger partial charge in [-0.25, -0.2) is 4.39 Å². The van der Waals surface area contributed by atoms with Gasteiger partial charge in [-0.1, -0.05) is 18.2 Å². The fourth-order valence-electron chi connectivity index (χ4n) is 1.93. The summed E-state index contributed by atoms with van der Waals surface area (Å²) in [5, 5.41) is 2.61. The van der Waals surface area contributed by atoms with E-state index in [0.717, 1.165) is 12.8 Å². The fourth-order valence-corrected chi connectivity index (χ4v) is 1.93. The van der Waals surface area contributed by atoms with Gasteiger partial charge in [-0.05, 0) is 37.8 Å². The van der Waals surface area contributed by atoms with Gasteiger partial charge in [0.25, 0.3) is 5.91 Å². The van der Waals surface area contributed by atoms with Crippen LogP contribution in [0.4, 0.5) is 10.1 Å². The van der Waals surface area contributed by atoms with Crippen molar-refractivity contribution >= 4 is 11.6 Å². The Kier molecular flexibility index (Phi) is 2.71. The van der Waals surface area contributed by atoms with Crippen molar-refractivity contribution in [3.05, 3.63) is 30.3 Å². The molecule has 1 aromatic carbocycles. The molecule has 2 rings (SSSR count). The minimum Gasteiger partial charge on any atom is -0.323 e. The quantitative estimate of drug-likeness (QED) is 0.793. The zero-order valence-corrected chi connectivity index (χ0v) is 8.50. The lowest BCUT2D eigenvalue weighted by molar-refractivity contribution is -0.127. The normalized spacial score (nSPS) is 18.7. The van der Waals surface area contributed by atoms with Gasteiger partial charge < -0.3 is 5.32 Å². The first-order chi connectivity index (χ1) is 7.21. The monoisotopic (exact) mass is 207 g/mol. The molecule has 1 saturated carbocycles. The van der Waals surface area contributed by atoms with Crippen molar-refractivity contribution in [2.45, 2.75) is 31.4 Å². The molecule has 0 aliphatic heterocycles. The minimum absolute atomic E-state index is 0.353. The van der Waals surface area contributed by atoms with Crippen molar-refractivity contribution < 1.29 is 9.18 Å². The van der Waals surface area contributed by atoms with Crippen LogP contribution in [0.5, 0.6) is 0 Å². The van der Waals surface area contributed by atoms with Crippen LogP contribution in [-0.4, -0.2) is 11.6 Å². The summed E-state index contributed by atoms with van der Waals surface area (Å²) in [6, 6.07) is 9.01. The maximum atomic E-state index is 14.0. The smallest absolute Gasteiger partial charge is 0.262 e. The van der Waals surface area contributed by atoms with Crippen molar-refractivity contribution in [1.29, 1.82) is 0 Å². The first kappa shape index (κ1) is 10.1. The number of alkyl halides is 1. The molecule has 3 heteroatoms. The molecule has 15 heavy (non-hydrogen) atoms. The maximum Gasteiger partial charge on any atom is 0.262 e. The highest BCUT2D eigenvalue weighted by Gasteiger charge is 2.41. The molecule has 1 amide bonds. The van der Waals surface area contributed by atoms with E-state index < -0.39 is 11.6 Å². The molecule has 1 fully saturated rings. The lowest BCUT2D eigenvalue weighted by Gasteiger charge is -2.17. The standard InChI is InChI=1S/C12H14FNO/c13-12(8-4-5-9-12)11(15)14-10-6-2-1-3-7-10/h1-3,6-7H,4-5,8-9H2,(H,14,15). The molecule has 0 radical (unpaired) electrons. The second-order valence-electron chi connectivity index (χ2n) is 3.99. The number of carbonyl (C=O) groups is 1. The number of halogens is 1. The van der Waals surface area contributed by atoms with Crippen molar-refractivity contribution in [2.24, 2.45) is 0 Å².